The maximum Gasteiger partial charge on any atom is 0.205 e. The second kappa shape index (κ2) is 9.13. The van der Waals surface area contributed by atoms with Gasteiger partial charge < -0.3 is 4.90 Å². The van der Waals surface area contributed by atoms with E-state index in [0.717, 1.165) is 50.1 Å². The van der Waals surface area contributed by atoms with Crippen LogP contribution < -0.4 is 4.90 Å². The Bertz CT molecular complexity index is 894. The number of anilines is 1. The number of aromatic nitrogens is 2. The van der Waals surface area contributed by atoms with E-state index in [1.807, 2.05) is 0 Å². The zero-order valence-electron chi connectivity index (χ0n) is 16.3. The highest BCUT2D eigenvalue weighted by molar-refractivity contribution is 7.09. The van der Waals surface area contributed by atoms with Gasteiger partial charge in [0.1, 0.15) is 5.82 Å². The molecule has 1 saturated heterocycles. The van der Waals surface area contributed by atoms with Crippen molar-refractivity contribution in [1.29, 1.82) is 0 Å². The van der Waals surface area contributed by atoms with Crippen LogP contribution >= 0.6 is 11.5 Å². The highest BCUT2D eigenvalue weighted by Gasteiger charge is 2.19. The Morgan fingerprint density at radius 2 is 1.71 bits per heavy atom. The molecule has 0 bridgehead atoms. The fourth-order valence-electron chi connectivity index (χ4n) is 3.36. The Morgan fingerprint density at radius 3 is 2.46 bits per heavy atom. The van der Waals surface area contributed by atoms with Crippen molar-refractivity contribution in [2.45, 2.75) is 13.3 Å². The van der Waals surface area contributed by atoms with Crippen molar-refractivity contribution in [2.24, 2.45) is 0 Å². The quantitative estimate of drug-likeness (QED) is 0.629. The SMILES string of the molecule is Cc1ccc(Cc2nsc(N3CCN(CC=Cc4ccccc4)CC3)n2)cc1. The summed E-state index contributed by atoms with van der Waals surface area (Å²) in [6.45, 7) is 7.26. The van der Waals surface area contributed by atoms with Gasteiger partial charge in [-0.15, -0.1) is 0 Å². The van der Waals surface area contributed by atoms with Crippen LogP contribution in [0.25, 0.3) is 6.08 Å². The van der Waals surface area contributed by atoms with Crippen molar-refractivity contribution >= 4 is 22.7 Å². The summed E-state index contributed by atoms with van der Waals surface area (Å²) < 4.78 is 4.58. The smallest absolute Gasteiger partial charge is 0.205 e. The lowest BCUT2D eigenvalue weighted by molar-refractivity contribution is 0.284. The minimum Gasteiger partial charge on any atom is -0.344 e. The van der Waals surface area contributed by atoms with Crippen molar-refractivity contribution < 1.29 is 0 Å². The van der Waals surface area contributed by atoms with Gasteiger partial charge in [0, 0.05) is 50.7 Å². The topological polar surface area (TPSA) is 32.3 Å². The number of rotatable bonds is 6. The molecule has 3 aromatic rings. The van der Waals surface area contributed by atoms with E-state index in [0.29, 0.717) is 0 Å². The molecule has 0 saturated carbocycles. The van der Waals surface area contributed by atoms with Crippen LogP contribution in [0.15, 0.2) is 60.7 Å². The van der Waals surface area contributed by atoms with Gasteiger partial charge in [0.25, 0.3) is 0 Å². The van der Waals surface area contributed by atoms with Gasteiger partial charge in [0.2, 0.25) is 5.13 Å². The van der Waals surface area contributed by atoms with Crippen molar-refractivity contribution in [3.05, 3.63) is 83.2 Å². The Hall–Kier alpha value is -2.50. The lowest BCUT2D eigenvalue weighted by atomic mass is 10.1. The average molecular weight is 391 g/mol. The van der Waals surface area contributed by atoms with Gasteiger partial charge in [-0.25, -0.2) is 4.98 Å². The molecule has 28 heavy (non-hydrogen) atoms. The molecule has 144 valence electrons. The minimum atomic E-state index is 0.807. The van der Waals surface area contributed by atoms with E-state index in [1.54, 1.807) is 0 Å². The Kier molecular flexibility index (Phi) is 6.14. The Labute approximate surface area is 171 Å². The first-order chi connectivity index (χ1) is 13.8. The summed E-state index contributed by atoms with van der Waals surface area (Å²) in [5.41, 5.74) is 3.81. The van der Waals surface area contributed by atoms with E-state index < -0.39 is 0 Å². The van der Waals surface area contributed by atoms with Crippen LogP contribution in [0.5, 0.6) is 0 Å². The van der Waals surface area contributed by atoms with E-state index in [1.165, 1.54) is 28.2 Å². The number of piperazine rings is 1. The lowest BCUT2D eigenvalue weighted by Crippen LogP contribution is -2.46. The molecule has 4 rings (SSSR count). The van der Waals surface area contributed by atoms with Gasteiger partial charge in [0.15, 0.2) is 0 Å². The van der Waals surface area contributed by atoms with Crippen molar-refractivity contribution in [3.8, 4) is 0 Å². The number of aryl methyl sites for hydroxylation is 1. The molecule has 1 fully saturated rings. The maximum absolute atomic E-state index is 4.78. The van der Waals surface area contributed by atoms with Gasteiger partial charge in [0.05, 0.1) is 0 Å². The van der Waals surface area contributed by atoms with E-state index in [4.69, 9.17) is 4.98 Å². The first kappa shape index (κ1) is 18.8. The van der Waals surface area contributed by atoms with Crippen LogP contribution in [-0.2, 0) is 6.42 Å². The van der Waals surface area contributed by atoms with Gasteiger partial charge >= 0.3 is 0 Å². The number of hydrogen-bond donors (Lipinski definition) is 0. The number of benzene rings is 2. The standard InChI is InChI=1S/C23H26N4S/c1-19-9-11-21(12-10-19)18-22-24-23(28-25-22)27-16-14-26(15-17-27)13-5-8-20-6-3-2-4-7-20/h2-12H,13-18H2,1H3. The molecule has 5 heteroatoms. The molecule has 0 unspecified atom stereocenters. The third-order valence-corrected chi connectivity index (χ3v) is 5.87. The zero-order valence-corrected chi connectivity index (χ0v) is 17.1. The van der Waals surface area contributed by atoms with E-state index in [9.17, 15) is 0 Å². The van der Waals surface area contributed by atoms with Crippen molar-refractivity contribution in [2.75, 3.05) is 37.6 Å². The largest absolute Gasteiger partial charge is 0.344 e. The summed E-state index contributed by atoms with van der Waals surface area (Å²) >= 11 is 1.53. The van der Waals surface area contributed by atoms with Crippen LogP contribution in [0.2, 0.25) is 0 Å². The van der Waals surface area contributed by atoms with Crippen molar-refractivity contribution in [3.63, 3.8) is 0 Å². The van der Waals surface area contributed by atoms with Gasteiger partial charge in [-0.1, -0.05) is 72.3 Å². The highest BCUT2D eigenvalue weighted by atomic mass is 32.1. The average Bonchev–Trinajstić information content (AvgIpc) is 3.20. The first-order valence-corrected chi connectivity index (χ1v) is 10.6. The van der Waals surface area contributed by atoms with Crippen LogP contribution in [-0.4, -0.2) is 47.0 Å². The third kappa shape index (κ3) is 5.06. The molecular weight excluding hydrogens is 364 g/mol. The van der Waals surface area contributed by atoms with Crippen LogP contribution in [0, 0.1) is 6.92 Å². The normalized spacial score (nSPS) is 15.4. The van der Waals surface area contributed by atoms with Gasteiger partial charge in [-0.3, -0.25) is 4.90 Å². The van der Waals surface area contributed by atoms with E-state index >= 15 is 0 Å². The molecule has 0 spiro atoms. The Morgan fingerprint density at radius 1 is 0.964 bits per heavy atom. The first-order valence-electron chi connectivity index (χ1n) is 9.83. The molecule has 1 aromatic heterocycles. The summed E-state index contributed by atoms with van der Waals surface area (Å²) in [5, 5.41) is 1.06. The summed E-state index contributed by atoms with van der Waals surface area (Å²) in [6, 6.07) is 19.1. The maximum atomic E-state index is 4.78. The summed E-state index contributed by atoms with van der Waals surface area (Å²) in [6.07, 6.45) is 5.27. The molecule has 0 aliphatic carbocycles. The van der Waals surface area contributed by atoms with Crippen LogP contribution in [0.3, 0.4) is 0 Å². The molecule has 0 N–H and O–H groups in total. The molecule has 0 atom stereocenters. The molecule has 2 heterocycles. The molecule has 4 nitrogen and oxygen atoms in total. The van der Waals surface area contributed by atoms with E-state index in [-0.39, 0.29) is 0 Å². The van der Waals surface area contributed by atoms with E-state index in [2.05, 4.69) is 87.8 Å². The second-order valence-corrected chi connectivity index (χ2v) is 7.99. The predicted octanol–water partition coefficient (Wildman–Crippen LogP) is 4.27. The van der Waals surface area contributed by atoms with Crippen LogP contribution in [0.1, 0.15) is 22.5 Å². The second-order valence-electron chi connectivity index (χ2n) is 7.26. The number of nitrogens with zero attached hydrogens (tertiary/aromatic N) is 4. The van der Waals surface area contributed by atoms with Crippen molar-refractivity contribution in [1.82, 2.24) is 14.3 Å². The molecule has 0 radical (unpaired) electrons. The molecule has 2 aromatic carbocycles. The fraction of sp³-hybridized carbons (Fsp3) is 0.304. The zero-order chi connectivity index (χ0) is 19.2. The van der Waals surface area contributed by atoms with Gasteiger partial charge in [-0.2, -0.15) is 4.37 Å². The Balaban J connectivity index is 1.26. The summed E-state index contributed by atoms with van der Waals surface area (Å²) in [5.74, 6) is 0.928. The molecule has 1 aliphatic rings. The number of hydrogen-bond acceptors (Lipinski definition) is 5. The summed E-state index contributed by atoms with van der Waals surface area (Å²) in [7, 11) is 0. The van der Waals surface area contributed by atoms with Crippen LogP contribution in [0.4, 0.5) is 5.13 Å². The highest BCUT2D eigenvalue weighted by Crippen LogP contribution is 2.20. The summed E-state index contributed by atoms with van der Waals surface area (Å²) in [4.78, 5) is 9.64. The monoisotopic (exact) mass is 390 g/mol. The third-order valence-electron chi connectivity index (χ3n) is 5.06. The fourth-order valence-corrected chi connectivity index (χ4v) is 4.09. The molecular formula is C23H26N4S. The minimum absolute atomic E-state index is 0.807. The molecule has 0 amide bonds. The van der Waals surface area contributed by atoms with Gasteiger partial charge in [-0.05, 0) is 18.1 Å². The predicted molar refractivity (Wildman–Crippen MR) is 118 cm³/mol. The lowest BCUT2D eigenvalue weighted by Gasteiger charge is -2.33. The molecule has 1 aliphatic heterocycles.